The van der Waals surface area contributed by atoms with E-state index in [0.29, 0.717) is 22.6 Å². The van der Waals surface area contributed by atoms with Gasteiger partial charge >= 0.3 is 0 Å². The summed E-state index contributed by atoms with van der Waals surface area (Å²) in [5.41, 5.74) is 1.87. The predicted molar refractivity (Wildman–Crippen MR) is 89.8 cm³/mol. The first-order valence-corrected chi connectivity index (χ1v) is 7.90. The molecule has 0 saturated heterocycles. The number of hydrogen-bond acceptors (Lipinski definition) is 4. The van der Waals surface area contributed by atoms with Gasteiger partial charge in [0.15, 0.2) is 5.76 Å². The maximum Gasteiger partial charge on any atom is 0.246 e. The number of halogens is 2. The van der Waals surface area contributed by atoms with Crippen LogP contribution < -0.4 is 5.32 Å². The molecule has 1 N–H and O–H groups in total. The molecule has 0 aliphatic heterocycles. The van der Waals surface area contributed by atoms with E-state index >= 15 is 0 Å². The van der Waals surface area contributed by atoms with Gasteiger partial charge in [-0.1, -0.05) is 17.3 Å². The van der Waals surface area contributed by atoms with Crippen molar-refractivity contribution in [1.82, 2.24) is 10.5 Å². The molecule has 1 aromatic heterocycles. The van der Waals surface area contributed by atoms with Crippen molar-refractivity contribution in [2.75, 3.05) is 6.61 Å². The standard InChI is InChI=1S/C19H16F2N2O3/c20-15-6-4-14(5-7-15)18-9-17(23-26-18)11-25-12-19(24)22-10-13-2-1-3-16(21)8-13/h1-9H,10-12H2,(H,22,24). The van der Waals surface area contributed by atoms with Crippen molar-refractivity contribution >= 4 is 5.91 Å². The maximum absolute atomic E-state index is 13.1. The van der Waals surface area contributed by atoms with Crippen LogP contribution in [0.2, 0.25) is 0 Å². The summed E-state index contributed by atoms with van der Waals surface area (Å²) in [5, 5.41) is 6.49. The lowest BCUT2D eigenvalue weighted by atomic mass is 10.1. The van der Waals surface area contributed by atoms with E-state index in [1.54, 1.807) is 30.3 Å². The van der Waals surface area contributed by atoms with Crippen LogP contribution >= 0.6 is 0 Å². The molecule has 1 heterocycles. The van der Waals surface area contributed by atoms with E-state index in [1.807, 2.05) is 0 Å². The smallest absolute Gasteiger partial charge is 0.246 e. The van der Waals surface area contributed by atoms with E-state index in [4.69, 9.17) is 9.26 Å². The van der Waals surface area contributed by atoms with Crippen molar-refractivity contribution in [3.8, 4) is 11.3 Å². The molecule has 0 spiro atoms. The van der Waals surface area contributed by atoms with E-state index in [-0.39, 0.29) is 37.3 Å². The summed E-state index contributed by atoms with van der Waals surface area (Å²) < 4.78 is 36.4. The van der Waals surface area contributed by atoms with Crippen LogP contribution in [-0.2, 0) is 22.7 Å². The topological polar surface area (TPSA) is 64.4 Å². The van der Waals surface area contributed by atoms with Crippen LogP contribution in [0.3, 0.4) is 0 Å². The molecule has 0 bridgehead atoms. The summed E-state index contributed by atoms with van der Waals surface area (Å²) in [6.45, 7) is 0.158. The molecule has 0 fully saturated rings. The van der Waals surface area contributed by atoms with Gasteiger partial charge in [0.1, 0.15) is 23.9 Å². The minimum absolute atomic E-state index is 0.0953. The van der Waals surface area contributed by atoms with Crippen molar-refractivity contribution in [2.24, 2.45) is 0 Å². The predicted octanol–water partition coefficient (Wildman–Crippen LogP) is 3.45. The average Bonchev–Trinajstić information content (AvgIpc) is 3.09. The molecule has 5 nitrogen and oxygen atoms in total. The molecule has 1 amide bonds. The van der Waals surface area contributed by atoms with E-state index in [2.05, 4.69) is 10.5 Å². The van der Waals surface area contributed by atoms with Gasteiger partial charge < -0.3 is 14.6 Å². The number of carbonyl (C=O) groups excluding carboxylic acids is 1. The number of amides is 1. The molecule has 3 aromatic rings. The van der Waals surface area contributed by atoms with Crippen LogP contribution in [0.4, 0.5) is 8.78 Å². The third-order valence-corrected chi connectivity index (χ3v) is 3.55. The van der Waals surface area contributed by atoms with Crippen LogP contribution in [0.15, 0.2) is 59.1 Å². The van der Waals surface area contributed by atoms with Gasteiger partial charge in [0.05, 0.1) is 6.61 Å². The molecule has 0 aliphatic carbocycles. The lowest BCUT2D eigenvalue weighted by Crippen LogP contribution is -2.27. The number of aromatic nitrogens is 1. The molecule has 0 aliphatic rings. The summed E-state index contributed by atoms with van der Waals surface area (Å²) in [5.74, 6) is -0.521. The number of ether oxygens (including phenoxy) is 1. The highest BCUT2D eigenvalue weighted by atomic mass is 19.1. The first kappa shape index (κ1) is 17.8. The molecule has 0 unspecified atom stereocenters. The monoisotopic (exact) mass is 358 g/mol. The lowest BCUT2D eigenvalue weighted by Gasteiger charge is -2.05. The number of rotatable bonds is 7. The fourth-order valence-electron chi connectivity index (χ4n) is 2.28. The van der Waals surface area contributed by atoms with Gasteiger partial charge in [0.25, 0.3) is 0 Å². The fraction of sp³-hybridized carbons (Fsp3) is 0.158. The van der Waals surface area contributed by atoms with Gasteiger partial charge in [-0.05, 0) is 42.0 Å². The quantitative estimate of drug-likeness (QED) is 0.703. The zero-order valence-electron chi connectivity index (χ0n) is 13.7. The summed E-state index contributed by atoms with van der Waals surface area (Å²) in [7, 11) is 0. The Morgan fingerprint density at radius 1 is 1.08 bits per heavy atom. The Morgan fingerprint density at radius 3 is 2.65 bits per heavy atom. The van der Waals surface area contributed by atoms with Gasteiger partial charge in [-0.25, -0.2) is 8.78 Å². The molecule has 134 valence electrons. The minimum Gasteiger partial charge on any atom is -0.365 e. The first-order valence-electron chi connectivity index (χ1n) is 7.90. The SMILES string of the molecule is O=C(COCc1cc(-c2ccc(F)cc2)on1)NCc1cccc(F)c1. The summed E-state index contributed by atoms with van der Waals surface area (Å²) in [4.78, 5) is 11.7. The molecule has 0 saturated carbocycles. The number of benzene rings is 2. The van der Waals surface area contributed by atoms with Crippen LogP contribution in [-0.4, -0.2) is 17.7 Å². The van der Waals surface area contributed by atoms with E-state index in [1.165, 1.54) is 24.3 Å². The average molecular weight is 358 g/mol. The zero-order valence-corrected chi connectivity index (χ0v) is 13.7. The van der Waals surface area contributed by atoms with Crippen molar-refractivity contribution in [3.63, 3.8) is 0 Å². The molecule has 7 heteroatoms. The van der Waals surface area contributed by atoms with Crippen LogP contribution in [0.25, 0.3) is 11.3 Å². The Bertz CT molecular complexity index is 879. The number of nitrogens with zero attached hydrogens (tertiary/aromatic N) is 1. The second kappa shape index (κ2) is 8.35. The normalized spacial score (nSPS) is 10.7. The highest BCUT2D eigenvalue weighted by molar-refractivity contribution is 5.77. The Hall–Kier alpha value is -3.06. The number of carbonyl (C=O) groups is 1. The summed E-state index contributed by atoms with van der Waals surface area (Å²) in [6.07, 6.45) is 0. The molecular weight excluding hydrogens is 342 g/mol. The third-order valence-electron chi connectivity index (χ3n) is 3.55. The molecular formula is C19H16F2N2O3. The Labute approximate surface area is 148 Å². The lowest BCUT2D eigenvalue weighted by molar-refractivity contribution is -0.126. The van der Waals surface area contributed by atoms with Gasteiger partial charge in [0, 0.05) is 18.2 Å². The largest absolute Gasteiger partial charge is 0.365 e. The number of hydrogen-bond donors (Lipinski definition) is 1. The highest BCUT2D eigenvalue weighted by Crippen LogP contribution is 2.20. The number of nitrogens with one attached hydrogen (secondary N) is 1. The van der Waals surface area contributed by atoms with Gasteiger partial charge in [-0.15, -0.1) is 0 Å². The second-order valence-electron chi connectivity index (χ2n) is 5.59. The van der Waals surface area contributed by atoms with Crippen LogP contribution in [0, 0.1) is 11.6 Å². The van der Waals surface area contributed by atoms with E-state index < -0.39 is 0 Å². The Balaban J connectivity index is 1.43. The highest BCUT2D eigenvalue weighted by Gasteiger charge is 2.08. The first-order chi connectivity index (χ1) is 12.6. The summed E-state index contributed by atoms with van der Waals surface area (Å²) >= 11 is 0. The van der Waals surface area contributed by atoms with Crippen molar-refractivity contribution in [2.45, 2.75) is 13.2 Å². The van der Waals surface area contributed by atoms with Crippen molar-refractivity contribution in [1.29, 1.82) is 0 Å². The van der Waals surface area contributed by atoms with Crippen LogP contribution in [0.5, 0.6) is 0 Å². The summed E-state index contributed by atoms with van der Waals surface area (Å²) in [6, 6.07) is 13.5. The molecule has 2 aromatic carbocycles. The van der Waals surface area contributed by atoms with Crippen molar-refractivity contribution in [3.05, 3.63) is 77.5 Å². The molecule has 0 atom stereocenters. The van der Waals surface area contributed by atoms with Gasteiger partial charge in [0.2, 0.25) is 5.91 Å². The Kier molecular flexibility index (Phi) is 5.70. The van der Waals surface area contributed by atoms with Gasteiger partial charge in [-0.3, -0.25) is 4.79 Å². The van der Waals surface area contributed by atoms with Crippen LogP contribution in [0.1, 0.15) is 11.3 Å². The molecule has 0 radical (unpaired) electrons. The van der Waals surface area contributed by atoms with Crippen molar-refractivity contribution < 1.29 is 22.8 Å². The minimum atomic E-state index is -0.351. The molecule has 3 rings (SSSR count). The Morgan fingerprint density at radius 2 is 1.88 bits per heavy atom. The fourth-order valence-corrected chi connectivity index (χ4v) is 2.28. The molecule has 26 heavy (non-hydrogen) atoms. The van der Waals surface area contributed by atoms with E-state index in [9.17, 15) is 13.6 Å². The third kappa shape index (κ3) is 4.97. The van der Waals surface area contributed by atoms with Gasteiger partial charge in [-0.2, -0.15) is 0 Å². The zero-order chi connectivity index (χ0) is 18.4. The maximum atomic E-state index is 13.1. The second-order valence-corrected chi connectivity index (χ2v) is 5.59. The van der Waals surface area contributed by atoms with E-state index in [0.717, 1.165) is 0 Å².